The Labute approximate surface area is 183 Å². The summed E-state index contributed by atoms with van der Waals surface area (Å²) >= 11 is 6.31. The molecule has 2 heterocycles. The van der Waals surface area contributed by atoms with Gasteiger partial charge in [0.15, 0.2) is 18.9 Å². The van der Waals surface area contributed by atoms with Crippen molar-refractivity contribution in [3.8, 4) is 0 Å². The molecule has 0 N–H and O–H groups in total. The second-order valence-corrected chi connectivity index (χ2v) is 8.11. The zero-order chi connectivity index (χ0) is 18.9. The van der Waals surface area contributed by atoms with Crippen LogP contribution in [0.5, 0.6) is 0 Å². The number of pyridine rings is 1. The third kappa shape index (κ3) is 3.92. The number of benzene rings is 2. The van der Waals surface area contributed by atoms with Crippen molar-refractivity contribution in [2.75, 3.05) is 0 Å². The molecule has 0 saturated carbocycles. The minimum absolute atomic E-state index is 0. The Balaban J connectivity index is 0.00000205. The number of rotatable bonds is 4. The SMILES string of the molecule is Clc1ccccc1C[n+]1ccc(Cn2c3c(c4ccccc42)CCCC3)cc1.[Cl-]. The molecule has 0 atom stereocenters. The summed E-state index contributed by atoms with van der Waals surface area (Å²) in [5, 5.41) is 2.27. The van der Waals surface area contributed by atoms with E-state index in [1.165, 1.54) is 42.1 Å². The molecule has 0 unspecified atom stereocenters. The molecule has 2 aromatic heterocycles. The minimum atomic E-state index is 0. The number of fused-ring (bicyclic) bond motifs is 3. The molecule has 1 aliphatic carbocycles. The summed E-state index contributed by atoms with van der Waals surface area (Å²) in [5.74, 6) is 0. The molecule has 0 saturated heterocycles. The maximum absolute atomic E-state index is 6.31. The van der Waals surface area contributed by atoms with Gasteiger partial charge < -0.3 is 17.0 Å². The van der Waals surface area contributed by atoms with E-state index >= 15 is 0 Å². The molecule has 148 valence electrons. The first-order chi connectivity index (χ1) is 13.8. The van der Waals surface area contributed by atoms with Gasteiger partial charge in [0.2, 0.25) is 0 Å². The number of hydrogen-bond acceptors (Lipinski definition) is 0. The molecule has 0 spiro atoms. The summed E-state index contributed by atoms with van der Waals surface area (Å²) in [6, 6.07) is 21.4. The van der Waals surface area contributed by atoms with Gasteiger partial charge in [0.25, 0.3) is 0 Å². The molecule has 2 nitrogen and oxygen atoms in total. The summed E-state index contributed by atoms with van der Waals surface area (Å²) in [6.07, 6.45) is 9.36. The van der Waals surface area contributed by atoms with Crippen molar-refractivity contribution in [2.24, 2.45) is 0 Å². The normalized spacial score (nSPS) is 13.1. The van der Waals surface area contributed by atoms with Crippen molar-refractivity contribution in [3.05, 3.63) is 100 Å². The number of aryl methyl sites for hydroxylation is 1. The van der Waals surface area contributed by atoms with E-state index in [1.54, 1.807) is 11.3 Å². The van der Waals surface area contributed by atoms with Crippen LogP contribution >= 0.6 is 11.6 Å². The molecule has 0 fully saturated rings. The van der Waals surface area contributed by atoms with Crippen LogP contribution in [0.1, 0.15) is 35.2 Å². The van der Waals surface area contributed by atoms with Gasteiger partial charge in [-0.15, -0.1) is 0 Å². The highest BCUT2D eigenvalue weighted by Gasteiger charge is 2.19. The van der Waals surface area contributed by atoms with E-state index in [-0.39, 0.29) is 12.4 Å². The van der Waals surface area contributed by atoms with Gasteiger partial charge in [-0.05, 0) is 48.9 Å². The van der Waals surface area contributed by atoms with Gasteiger partial charge in [0, 0.05) is 40.8 Å². The molecule has 0 radical (unpaired) electrons. The molecule has 29 heavy (non-hydrogen) atoms. The van der Waals surface area contributed by atoms with Crippen molar-refractivity contribution < 1.29 is 17.0 Å². The van der Waals surface area contributed by atoms with Crippen LogP contribution in [0.3, 0.4) is 0 Å². The largest absolute Gasteiger partial charge is 1.00 e. The first-order valence-corrected chi connectivity index (χ1v) is 10.5. The van der Waals surface area contributed by atoms with Crippen molar-refractivity contribution >= 4 is 22.5 Å². The third-order valence-electron chi connectivity index (χ3n) is 5.90. The smallest absolute Gasteiger partial charge is 0.175 e. The van der Waals surface area contributed by atoms with E-state index in [9.17, 15) is 0 Å². The van der Waals surface area contributed by atoms with Gasteiger partial charge in [-0.2, -0.15) is 0 Å². The number of nitrogens with zero attached hydrogens (tertiary/aromatic N) is 2. The Bertz CT molecular complexity index is 1130. The van der Waals surface area contributed by atoms with Crippen LogP contribution < -0.4 is 17.0 Å². The van der Waals surface area contributed by atoms with Crippen molar-refractivity contribution in [1.29, 1.82) is 0 Å². The third-order valence-corrected chi connectivity index (χ3v) is 6.26. The Morgan fingerprint density at radius 3 is 2.41 bits per heavy atom. The Kier molecular flexibility index (Phi) is 5.94. The number of para-hydroxylation sites is 1. The van der Waals surface area contributed by atoms with Crippen LogP contribution in [0.25, 0.3) is 10.9 Å². The highest BCUT2D eigenvalue weighted by atomic mass is 35.5. The highest BCUT2D eigenvalue weighted by molar-refractivity contribution is 6.31. The Hall–Kier alpha value is -2.29. The summed E-state index contributed by atoms with van der Waals surface area (Å²) in [5.41, 5.74) is 6.98. The molecule has 2 aromatic carbocycles. The summed E-state index contributed by atoms with van der Waals surface area (Å²) in [6.45, 7) is 1.73. The highest BCUT2D eigenvalue weighted by Crippen LogP contribution is 2.32. The molecular formula is C25H24Cl2N2. The van der Waals surface area contributed by atoms with E-state index in [2.05, 4.69) is 64.0 Å². The van der Waals surface area contributed by atoms with Crippen LogP contribution in [-0.4, -0.2) is 4.57 Å². The average Bonchev–Trinajstić information content (AvgIpc) is 3.05. The quantitative estimate of drug-likeness (QED) is 0.447. The molecule has 0 bridgehead atoms. The molecule has 4 aromatic rings. The zero-order valence-electron chi connectivity index (χ0n) is 16.3. The molecule has 0 amide bonds. The maximum Gasteiger partial charge on any atom is 0.175 e. The Morgan fingerprint density at radius 1 is 0.862 bits per heavy atom. The molecule has 0 aliphatic heterocycles. The Morgan fingerprint density at radius 2 is 1.59 bits per heavy atom. The van der Waals surface area contributed by atoms with E-state index in [0.29, 0.717) is 0 Å². The van der Waals surface area contributed by atoms with Gasteiger partial charge in [-0.3, -0.25) is 0 Å². The predicted octanol–water partition coefficient (Wildman–Crippen LogP) is 2.56. The molecule has 4 heteroatoms. The predicted molar refractivity (Wildman–Crippen MR) is 115 cm³/mol. The molecule has 1 aliphatic rings. The van der Waals surface area contributed by atoms with E-state index in [1.807, 2.05) is 18.2 Å². The van der Waals surface area contributed by atoms with Crippen molar-refractivity contribution in [1.82, 2.24) is 4.57 Å². The second kappa shape index (κ2) is 8.61. The first-order valence-electron chi connectivity index (χ1n) is 10.1. The number of halogens is 2. The maximum atomic E-state index is 6.31. The summed E-state index contributed by atoms with van der Waals surface area (Å²) in [7, 11) is 0. The lowest BCUT2D eigenvalue weighted by molar-refractivity contribution is -0.688. The first kappa shape index (κ1) is 20.0. The van der Waals surface area contributed by atoms with Crippen LogP contribution in [0.4, 0.5) is 0 Å². The lowest BCUT2D eigenvalue weighted by Crippen LogP contribution is -3.00. The molecular weight excluding hydrogens is 399 g/mol. The van der Waals surface area contributed by atoms with Gasteiger partial charge >= 0.3 is 0 Å². The van der Waals surface area contributed by atoms with Crippen LogP contribution in [0, 0.1) is 0 Å². The van der Waals surface area contributed by atoms with Crippen LogP contribution in [0.2, 0.25) is 5.02 Å². The lowest BCUT2D eigenvalue weighted by Gasteiger charge is -2.16. The van der Waals surface area contributed by atoms with Gasteiger partial charge in [0.05, 0.1) is 5.02 Å². The fourth-order valence-corrected chi connectivity index (χ4v) is 4.67. The van der Waals surface area contributed by atoms with E-state index < -0.39 is 0 Å². The average molecular weight is 423 g/mol. The molecule has 5 rings (SSSR count). The lowest BCUT2D eigenvalue weighted by atomic mass is 9.95. The van der Waals surface area contributed by atoms with Gasteiger partial charge in [-0.1, -0.05) is 48.0 Å². The summed E-state index contributed by atoms with van der Waals surface area (Å²) < 4.78 is 4.73. The fourth-order valence-electron chi connectivity index (χ4n) is 4.47. The van der Waals surface area contributed by atoms with Crippen LogP contribution in [0.15, 0.2) is 73.1 Å². The minimum Gasteiger partial charge on any atom is -1.00 e. The van der Waals surface area contributed by atoms with Crippen molar-refractivity contribution in [2.45, 2.75) is 38.8 Å². The van der Waals surface area contributed by atoms with Gasteiger partial charge in [-0.25, -0.2) is 4.57 Å². The van der Waals surface area contributed by atoms with Crippen LogP contribution in [-0.2, 0) is 25.9 Å². The van der Waals surface area contributed by atoms with Gasteiger partial charge in [0.1, 0.15) is 0 Å². The van der Waals surface area contributed by atoms with E-state index in [4.69, 9.17) is 11.6 Å². The number of aromatic nitrogens is 2. The summed E-state index contributed by atoms with van der Waals surface area (Å²) in [4.78, 5) is 0. The van der Waals surface area contributed by atoms with E-state index in [0.717, 1.165) is 23.7 Å². The number of hydrogen-bond donors (Lipinski definition) is 0. The second-order valence-electron chi connectivity index (χ2n) is 7.71. The standard InChI is InChI=1S/C25H24ClN2.ClH/c26-23-10-4-1-7-20(23)18-27-15-13-19(14-16-27)17-28-24-11-5-2-8-21(24)22-9-3-6-12-25(22)28;/h1-2,4-5,7-8,10-11,13-16H,3,6,9,12,17-18H2;1H/q+1;/p-1. The fraction of sp³-hybridized carbons (Fsp3) is 0.240. The monoisotopic (exact) mass is 422 g/mol. The van der Waals surface area contributed by atoms with Crippen molar-refractivity contribution in [3.63, 3.8) is 0 Å². The topological polar surface area (TPSA) is 8.81 Å². The zero-order valence-corrected chi connectivity index (χ0v) is 17.8.